The van der Waals surface area contributed by atoms with Gasteiger partial charge in [-0.3, -0.25) is 4.57 Å². The van der Waals surface area contributed by atoms with Gasteiger partial charge in [-0.1, -0.05) is 12.1 Å². The Kier molecular flexibility index (Phi) is 6.10. The van der Waals surface area contributed by atoms with Gasteiger partial charge in [-0.25, -0.2) is 15.0 Å². The van der Waals surface area contributed by atoms with E-state index in [4.69, 9.17) is 5.73 Å². The summed E-state index contributed by atoms with van der Waals surface area (Å²) >= 11 is 0. The number of nitrogens with two attached hydrogens (primary N) is 1. The zero-order valence-electron chi connectivity index (χ0n) is 15.2. The maximum Gasteiger partial charge on any atom is 0.193 e. The van der Waals surface area contributed by atoms with Crippen LogP contribution in [0, 0.1) is 6.92 Å². The highest BCUT2D eigenvalue weighted by atomic mass is 127. The van der Waals surface area contributed by atoms with Gasteiger partial charge in [0.25, 0.3) is 0 Å². The Labute approximate surface area is 176 Å². The Hall–Kier alpha value is -2.42. The van der Waals surface area contributed by atoms with Crippen molar-refractivity contribution >= 4 is 35.6 Å². The molecule has 0 saturated carbocycles. The van der Waals surface area contributed by atoms with E-state index in [0.29, 0.717) is 12.5 Å². The number of guanidine groups is 1. The molecular formula is C20H23IN6. The quantitative estimate of drug-likeness (QED) is 0.344. The van der Waals surface area contributed by atoms with Crippen molar-refractivity contribution in [1.82, 2.24) is 14.5 Å². The van der Waals surface area contributed by atoms with Crippen molar-refractivity contribution in [3.05, 3.63) is 71.4 Å². The van der Waals surface area contributed by atoms with E-state index in [0.717, 1.165) is 29.3 Å². The molecule has 2 aromatic heterocycles. The lowest BCUT2D eigenvalue weighted by Crippen LogP contribution is -2.22. The van der Waals surface area contributed by atoms with Crippen LogP contribution in [0.1, 0.15) is 28.9 Å². The lowest BCUT2D eigenvalue weighted by Gasteiger charge is -2.10. The molecule has 0 atom stereocenters. The zero-order valence-corrected chi connectivity index (χ0v) is 17.6. The highest BCUT2D eigenvalue weighted by molar-refractivity contribution is 14.0. The van der Waals surface area contributed by atoms with Gasteiger partial charge in [0.15, 0.2) is 5.96 Å². The van der Waals surface area contributed by atoms with Gasteiger partial charge in [-0.2, -0.15) is 0 Å². The molecule has 6 nitrogen and oxygen atoms in total. The predicted octanol–water partition coefficient (Wildman–Crippen LogP) is 3.61. The Morgan fingerprint density at radius 3 is 2.85 bits per heavy atom. The summed E-state index contributed by atoms with van der Waals surface area (Å²) in [5, 5.41) is 3.20. The van der Waals surface area contributed by atoms with Crippen molar-refractivity contribution in [2.75, 3.05) is 5.32 Å². The fourth-order valence-corrected chi connectivity index (χ4v) is 3.38. The van der Waals surface area contributed by atoms with Gasteiger partial charge in [0.2, 0.25) is 0 Å². The molecule has 27 heavy (non-hydrogen) atoms. The van der Waals surface area contributed by atoms with Crippen LogP contribution in [-0.4, -0.2) is 20.5 Å². The first-order chi connectivity index (χ1) is 12.7. The van der Waals surface area contributed by atoms with Crippen LogP contribution in [0.2, 0.25) is 0 Å². The standard InChI is InChI=1S/C20H22N6.HI/c1-14-22-10-11-26(14)19-17(6-3-9-23-19)13-24-20(21)25-18-8-7-15-4-2-5-16(15)12-18;/h3,6-12H,2,4-5,13H2,1H3,(H3,21,24,25);1H. The molecule has 0 aliphatic heterocycles. The molecule has 2 heterocycles. The molecule has 0 bridgehead atoms. The summed E-state index contributed by atoms with van der Waals surface area (Å²) < 4.78 is 1.95. The van der Waals surface area contributed by atoms with E-state index in [9.17, 15) is 0 Å². The van der Waals surface area contributed by atoms with Gasteiger partial charge >= 0.3 is 0 Å². The van der Waals surface area contributed by atoms with Crippen molar-refractivity contribution in [3.63, 3.8) is 0 Å². The van der Waals surface area contributed by atoms with Gasteiger partial charge in [-0.15, -0.1) is 24.0 Å². The maximum absolute atomic E-state index is 6.10. The van der Waals surface area contributed by atoms with E-state index in [1.54, 1.807) is 12.4 Å². The topological polar surface area (TPSA) is 81.1 Å². The number of nitrogens with zero attached hydrogens (tertiary/aromatic N) is 4. The Bertz CT molecular complexity index is 963. The molecule has 0 spiro atoms. The summed E-state index contributed by atoms with van der Waals surface area (Å²) in [4.78, 5) is 13.2. The van der Waals surface area contributed by atoms with E-state index in [2.05, 4.69) is 38.5 Å². The molecule has 0 fully saturated rings. The minimum Gasteiger partial charge on any atom is -0.370 e. The van der Waals surface area contributed by atoms with E-state index in [1.807, 2.05) is 29.8 Å². The number of hydrogen-bond donors (Lipinski definition) is 2. The summed E-state index contributed by atoms with van der Waals surface area (Å²) in [6.45, 7) is 2.40. The first kappa shape index (κ1) is 19.3. The second kappa shape index (κ2) is 8.51. The molecule has 4 rings (SSSR count). The number of pyridine rings is 1. The second-order valence-electron chi connectivity index (χ2n) is 6.49. The van der Waals surface area contributed by atoms with Gasteiger partial charge in [0.1, 0.15) is 11.6 Å². The molecule has 140 valence electrons. The zero-order chi connectivity index (χ0) is 17.9. The molecule has 3 aromatic rings. The summed E-state index contributed by atoms with van der Waals surface area (Å²) in [5.74, 6) is 2.12. The lowest BCUT2D eigenvalue weighted by molar-refractivity contribution is 0.894. The highest BCUT2D eigenvalue weighted by Crippen LogP contribution is 2.24. The minimum absolute atomic E-state index is 0. The molecule has 0 unspecified atom stereocenters. The Morgan fingerprint density at radius 2 is 2.04 bits per heavy atom. The average Bonchev–Trinajstić information content (AvgIpc) is 3.28. The van der Waals surface area contributed by atoms with E-state index in [1.165, 1.54) is 24.0 Å². The first-order valence-electron chi connectivity index (χ1n) is 8.83. The summed E-state index contributed by atoms with van der Waals surface area (Å²) in [6, 6.07) is 10.3. The van der Waals surface area contributed by atoms with E-state index in [-0.39, 0.29) is 24.0 Å². The van der Waals surface area contributed by atoms with E-state index < -0.39 is 0 Å². The Balaban J connectivity index is 0.00000210. The third-order valence-electron chi connectivity index (χ3n) is 4.71. The summed E-state index contributed by atoms with van der Waals surface area (Å²) in [5.41, 5.74) is 10.9. The highest BCUT2D eigenvalue weighted by Gasteiger charge is 2.11. The van der Waals surface area contributed by atoms with Crippen molar-refractivity contribution < 1.29 is 0 Å². The first-order valence-corrected chi connectivity index (χ1v) is 8.83. The molecular weight excluding hydrogens is 451 g/mol. The van der Waals surface area contributed by atoms with Crippen LogP contribution in [-0.2, 0) is 19.4 Å². The predicted molar refractivity (Wildman–Crippen MR) is 119 cm³/mol. The number of aromatic nitrogens is 3. The van der Waals surface area contributed by atoms with Crippen LogP contribution in [0.15, 0.2) is 53.9 Å². The molecule has 1 aliphatic rings. The SMILES string of the molecule is Cc1nccn1-c1ncccc1CN=C(N)Nc1ccc2c(c1)CCC2.I. The molecule has 7 heteroatoms. The van der Waals surface area contributed by atoms with Gasteiger partial charge < -0.3 is 11.1 Å². The maximum atomic E-state index is 6.10. The number of nitrogens with one attached hydrogen (secondary N) is 1. The smallest absolute Gasteiger partial charge is 0.193 e. The van der Waals surface area contributed by atoms with Gasteiger partial charge in [0, 0.05) is 29.8 Å². The van der Waals surface area contributed by atoms with E-state index >= 15 is 0 Å². The summed E-state index contributed by atoms with van der Waals surface area (Å²) in [6.07, 6.45) is 8.99. The normalized spacial score (nSPS) is 13.1. The molecule has 1 aromatic carbocycles. The van der Waals surface area contributed by atoms with Crippen LogP contribution >= 0.6 is 24.0 Å². The third kappa shape index (κ3) is 4.29. The summed E-state index contributed by atoms with van der Waals surface area (Å²) in [7, 11) is 0. The number of fused-ring (bicyclic) bond motifs is 1. The minimum atomic E-state index is 0. The number of benzene rings is 1. The molecule has 0 saturated heterocycles. The van der Waals surface area contributed by atoms with Gasteiger partial charge in [-0.05, 0) is 55.5 Å². The number of halogens is 1. The van der Waals surface area contributed by atoms with Crippen LogP contribution in [0.5, 0.6) is 0 Å². The van der Waals surface area contributed by atoms with Crippen LogP contribution in [0.3, 0.4) is 0 Å². The number of aryl methyl sites for hydroxylation is 3. The largest absolute Gasteiger partial charge is 0.370 e. The number of hydrogen-bond acceptors (Lipinski definition) is 3. The number of aliphatic imine (C=N–C) groups is 1. The van der Waals surface area contributed by atoms with Crippen molar-refractivity contribution in [3.8, 4) is 5.82 Å². The van der Waals surface area contributed by atoms with Gasteiger partial charge in [0.05, 0.1) is 6.54 Å². The number of anilines is 1. The molecule has 0 radical (unpaired) electrons. The average molecular weight is 474 g/mol. The second-order valence-corrected chi connectivity index (χ2v) is 6.49. The third-order valence-corrected chi connectivity index (χ3v) is 4.71. The molecule has 3 N–H and O–H groups in total. The Morgan fingerprint density at radius 1 is 1.19 bits per heavy atom. The van der Waals surface area contributed by atoms with Crippen LogP contribution < -0.4 is 11.1 Å². The number of rotatable bonds is 4. The van der Waals surface area contributed by atoms with Crippen LogP contribution in [0.4, 0.5) is 5.69 Å². The fraction of sp³-hybridized carbons (Fsp3) is 0.250. The van der Waals surface area contributed by atoms with Crippen molar-refractivity contribution in [2.24, 2.45) is 10.7 Å². The van der Waals surface area contributed by atoms with Crippen LogP contribution in [0.25, 0.3) is 5.82 Å². The molecule has 0 amide bonds. The lowest BCUT2D eigenvalue weighted by atomic mass is 10.1. The molecule has 1 aliphatic carbocycles. The fourth-order valence-electron chi connectivity index (χ4n) is 3.38. The van der Waals surface area contributed by atoms with Crippen molar-refractivity contribution in [2.45, 2.75) is 32.7 Å². The van der Waals surface area contributed by atoms with Crippen molar-refractivity contribution in [1.29, 1.82) is 0 Å². The number of imidazole rings is 1. The monoisotopic (exact) mass is 474 g/mol.